The van der Waals surface area contributed by atoms with Crippen LogP contribution in [0.5, 0.6) is 0 Å². The number of hydrogen-bond acceptors (Lipinski definition) is 3. The van der Waals surface area contributed by atoms with E-state index >= 15 is 0 Å². The second kappa shape index (κ2) is 5.89. The molecule has 0 fully saturated rings. The van der Waals surface area contributed by atoms with E-state index in [-0.39, 0.29) is 5.02 Å². The van der Waals surface area contributed by atoms with E-state index in [4.69, 9.17) is 11.6 Å². The van der Waals surface area contributed by atoms with E-state index in [9.17, 15) is 4.39 Å². The van der Waals surface area contributed by atoms with Gasteiger partial charge < -0.3 is 5.32 Å². The number of aromatic nitrogens is 2. The third-order valence-electron chi connectivity index (χ3n) is 2.45. The number of nitrogens with one attached hydrogen (secondary N) is 1. The van der Waals surface area contributed by atoms with Gasteiger partial charge in [-0.25, -0.2) is 14.4 Å². The zero-order chi connectivity index (χ0) is 13.0. The molecule has 0 saturated carbocycles. The van der Waals surface area contributed by atoms with Crippen LogP contribution < -0.4 is 5.32 Å². The lowest BCUT2D eigenvalue weighted by Crippen LogP contribution is -2.14. The lowest BCUT2D eigenvalue weighted by atomic mass is 10.1. The Hall–Kier alpha value is -1.52. The van der Waals surface area contributed by atoms with Gasteiger partial charge in [-0.3, -0.25) is 0 Å². The van der Waals surface area contributed by atoms with Crippen LogP contribution in [0.25, 0.3) is 11.3 Å². The molecule has 0 aliphatic carbocycles. The molecule has 1 heterocycles. The van der Waals surface area contributed by atoms with Crippen molar-refractivity contribution in [3.05, 3.63) is 47.1 Å². The summed E-state index contributed by atoms with van der Waals surface area (Å²) in [7, 11) is 0. The number of nitrogens with zero attached hydrogens (tertiary/aromatic N) is 2. The van der Waals surface area contributed by atoms with Gasteiger partial charge >= 0.3 is 0 Å². The Morgan fingerprint density at radius 2 is 2.17 bits per heavy atom. The molecule has 94 valence electrons. The second-order valence-corrected chi connectivity index (χ2v) is 4.17. The van der Waals surface area contributed by atoms with E-state index < -0.39 is 5.82 Å². The van der Waals surface area contributed by atoms with Crippen LogP contribution in [0.1, 0.15) is 12.7 Å². The molecule has 0 unspecified atom stereocenters. The summed E-state index contributed by atoms with van der Waals surface area (Å²) in [4.78, 5) is 8.56. The third kappa shape index (κ3) is 3.03. The van der Waals surface area contributed by atoms with E-state index in [1.54, 1.807) is 24.4 Å². The molecule has 0 radical (unpaired) electrons. The maximum atomic E-state index is 13.1. The average Bonchev–Trinajstić information content (AvgIpc) is 2.40. The van der Waals surface area contributed by atoms with Gasteiger partial charge in [0.05, 0.1) is 17.3 Å². The Morgan fingerprint density at radius 3 is 2.89 bits per heavy atom. The molecule has 5 heteroatoms. The highest BCUT2D eigenvalue weighted by Gasteiger charge is 2.05. The first-order valence-electron chi connectivity index (χ1n) is 5.68. The molecule has 0 bridgehead atoms. The summed E-state index contributed by atoms with van der Waals surface area (Å²) in [6, 6.07) is 6.33. The Kier molecular flexibility index (Phi) is 4.23. The minimum atomic E-state index is -0.428. The molecule has 0 aliphatic rings. The van der Waals surface area contributed by atoms with Crippen LogP contribution in [0.2, 0.25) is 5.02 Å². The van der Waals surface area contributed by atoms with E-state index in [0.29, 0.717) is 12.4 Å². The molecular weight excluding hydrogens is 253 g/mol. The minimum Gasteiger partial charge on any atom is -0.310 e. The highest BCUT2D eigenvalue weighted by atomic mass is 35.5. The minimum absolute atomic E-state index is 0.0966. The largest absolute Gasteiger partial charge is 0.310 e. The normalized spacial score (nSPS) is 10.6. The Morgan fingerprint density at radius 1 is 1.33 bits per heavy atom. The van der Waals surface area contributed by atoms with Crippen molar-refractivity contribution in [2.45, 2.75) is 13.5 Å². The van der Waals surface area contributed by atoms with Crippen molar-refractivity contribution in [1.29, 1.82) is 0 Å². The van der Waals surface area contributed by atoms with Gasteiger partial charge in [-0.1, -0.05) is 18.5 Å². The third-order valence-corrected chi connectivity index (χ3v) is 2.74. The first-order chi connectivity index (χ1) is 8.70. The number of benzene rings is 1. The van der Waals surface area contributed by atoms with Gasteiger partial charge in [0.25, 0.3) is 0 Å². The molecule has 1 N–H and O–H groups in total. The number of rotatable bonds is 4. The topological polar surface area (TPSA) is 37.8 Å². The lowest BCUT2D eigenvalue weighted by molar-refractivity contribution is 0.628. The summed E-state index contributed by atoms with van der Waals surface area (Å²) in [5, 5.41) is 3.25. The van der Waals surface area contributed by atoms with Crippen molar-refractivity contribution in [1.82, 2.24) is 15.3 Å². The summed E-state index contributed by atoms with van der Waals surface area (Å²) in [6.07, 6.45) is 1.69. The van der Waals surface area contributed by atoms with Crippen LogP contribution in [0, 0.1) is 5.82 Å². The van der Waals surface area contributed by atoms with E-state index in [0.717, 1.165) is 17.8 Å². The molecule has 2 rings (SSSR count). The molecule has 1 aromatic heterocycles. The SMILES string of the molecule is CCNCc1nccc(-c2ccc(F)c(Cl)c2)n1. The predicted molar refractivity (Wildman–Crippen MR) is 69.8 cm³/mol. The highest BCUT2D eigenvalue weighted by molar-refractivity contribution is 6.31. The Labute approximate surface area is 110 Å². The fourth-order valence-electron chi connectivity index (χ4n) is 1.54. The van der Waals surface area contributed by atoms with Crippen LogP contribution in [0.4, 0.5) is 4.39 Å². The Balaban J connectivity index is 2.29. The van der Waals surface area contributed by atoms with Gasteiger partial charge in [0.15, 0.2) is 0 Å². The van der Waals surface area contributed by atoms with E-state index in [1.165, 1.54) is 6.07 Å². The second-order valence-electron chi connectivity index (χ2n) is 3.77. The maximum Gasteiger partial charge on any atom is 0.142 e. The van der Waals surface area contributed by atoms with Crippen LogP contribution in [-0.2, 0) is 6.54 Å². The van der Waals surface area contributed by atoms with Gasteiger partial charge in [-0.05, 0) is 30.8 Å². The standard InChI is InChI=1S/C13H13ClFN3/c1-2-16-8-13-17-6-5-12(18-13)9-3-4-11(15)10(14)7-9/h3-7,16H,2,8H2,1H3. The van der Waals surface area contributed by atoms with Gasteiger partial charge in [0.1, 0.15) is 11.6 Å². The summed E-state index contributed by atoms with van der Waals surface area (Å²) < 4.78 is 13.1. The fraction of sp³-hybridized carbons (Fsp3) is 0.231. The molecule has 3 nitrogen and oxygen atoms in total. The molecule has 0 amide bonds. The Bertz CT molecular complexity index is 546. The lowest BCUT2D eigenvalue weighted by Gasteiger charge is -2.05. The first-order valence-corrected chi connectivity index (χ1v) is 6.06. The molecule has 0 aliphatic heterocycles. The van der Waals surface area contributed by atoms with Gasteiger partial charge in [-0.15, -0.1) is 0 Å². The predicted octanol–water partition coefficient (Wildman–Crippen LogP) is 3.05. The van der Waals surface area contributed by atoms with Crippen LogP contribution in [0.3, 0.4) is 0 Å². The first kappa shape index (κ1) is 12.9. The van der Waals surface area contributed by atoms with Crippen LogP contribution in [-0.4, -0.2) is 16.5 Å². The summed E-state index contributed by atoms with van der Waals surface area (Å²) in [6.45, 7) is 3.48. The van der Waals surface area contributed by atoms with Crippen molar-refractivity contribution in [3.8, 4) is 11.3 Å². The van der Waals surface area contributed by atoms with Crippen molar-refractivity contribution >= 4 is 11.6 Å². The maximum absolute atomic E-state index is 13.1. The van der Waals surface area contributed by atoms with Crippen LogP contribution in [0.15, 0.2) is 30.5 Å². The van der Waals surface area contributed by atoms with Gasteiger partial charge in [0, 0.05) is 11.8 Å². The summed E-state index contributed by atoms with van der Waals surface area (Å²) >= 11 is 5.76. The molecular formula is C13H13ClFN3. The molecule has 1 aromatic carbocycles. The zero-order valence-corrected chi connectivity index (χ0v) is 10.7. The van der Waals surface area contributed by atoms with Crippen molar-refractivity contribution < 1.29 is 4.39 Å². The van der Waals surface area contributed by atoms with Crippen molar-refractivity contribution in [2.24, 2.45) is 0 Å². The average molecular weight is 266 g/mol. The number of hydrogen-bond donors (Lipinski definition) is 1. The molecule has 18 heavy (non-hydrogen) atoms. The zero-order valence-electron chi connectivity index (χ0n) is 9.95. The van der Waals surface area contributed by atoms with Crippen molar-refractivity contribution in [3.63, 3.8) is 0 Å². The summed E-state index contributed by atoms with van der Waals surface area (Å²) in [5.41, 5.74) is 1.52. The van der Waals surface area contributed by atoms with E-state index in [2.05, 4.69) is 15.3 Å². The van der Waals surface area contributed by atoms with Gasteiger partial charge in [-0.2, -0.15) is 0 Å². The summed E-state index contributed by atoms with van der Waals surface area (Å²) in [5.74, 6) is 0.275. The fourth-order valence-corrected chi connectivity index (χ4v) is 1.72. The number of halogens is 2. The van der Waals surface area contributed by atoms with Crippen molar-refractivity contribution in [2.75, 3.05) is 6.54 Å². The quantitative estimate of drug-likeness (QED) is 0.923. The van der Waals surface area contributed by atoms with E-state index in [1.807, 2.05) is 6.92 Å². The molecule has 0 saturated heterocycles. The molecule has 0 spiro atoms. The smallest absolute Gasteiger partial charge is 0.142 e. The highest BCUT2D eigenvalue weighted by Crippen LogP contribution is 2.23. The monoisotopic (exact) mass is 265 g/mol. The molecule has 0 atom stereocenters. The van der Waals surface area contributed by atoms with Crippen LogP contribution >= 0.6 is 11.6 Å². The molecule has 2 aromatic rings. The van der Waals surface area contributed by atoms with Gasteiger partial charge in [0.2, 0.25) is 0 Å².